The number of aromatic nitrogens is 2. The van der Waals surface area contributed by atoms with Crippen molar-refractivity contribution >= 4 is 17.5 Å². The monoisotopic (exact) mass is 450 g/mol. The fraction of sp³-hybridized carbons (Fsp3) is 0.320. The standard InChI is InChI=1S/C25H27FN4O3/c1-17(2)30(18-7-6-8-19(15-18)32-3)24(31)21-16-27-25(29-11-13-33-14-12-29)28-23(21)20-9-4-5-10-22(20)26/h4-10,15-17H,11-14H2,1-3H3. The van der Waals surface area contributed by atoms with Gasteiger partial charge in [0.25, 0.3) is 5.91 Å². The van der Waals surface area contributed by atoms with Crippen LogP contribution >= 0.6 is 0 Å². The van der Waals surface area contributed by atoms with Gasteiger partial charge in [-0.15, -0.1) is 0 Å². The lowest BCUT2D eigenvalue weighted by Gasteiger charge is -2.29. The summed E-state index contributed by atoms with van der Waals surface area (Å²) in [5, 5.41) is 0. The van der Waals surface area contributed by atoms with Crippen molar-refractivity contribution in [2.24, 2.45) is 0 Å². The van der Waals surface area contributed by atoms with Gasteiger partial charge >= 0.3 is 0 Å². The van der Waals surface area contributed by atoms with E-state index in [9.17, 15) is 9.18 Å². The largest absolute Gasteiger partial charge is 0.497 e. The highest BCUT2D eigenvalue weighted by Crippen LogP contribution is 2.30. The molecule has 33 heavy (non-hydrogen) atoms. The van der Waals surface area contributed by atoms with Crippen LogP contribution in [0.1, 0.15) is 24.2 Å². The van der Waals surface area contributed by atoms with E-state index in [4.69, 9.17) is 9.47 Å². The van der Waals surface area contributed by atoms with Crippen LogP contribution in [0.5, 0.6) is 5.75 Å². The van der Waals surface area contributed by atoms with Gasteiger partial charge in [-0.25, -0.2) is 14.4 Å². The number of hydrogen-bond donors (Lipinski definition) is 0. The molecule has 0 atom stereocenters. The Bertz CT molecular complexity index is 1130. The molecule has 172 valence electrons. The van der Waals surface area contributed by atoms with E-state index in [0.29, 0.717) is 43.7 Å². The number of amides is 1. The minimum absolute atomic E-state index is 0.169. The molecule has 3 aromatic rings. The average molecular weight is 451 g/mol. The highest BCUT2D eigenvalue weighted by molar-refractivity contribution is 6.10. The van der Waals surface area contributed by atoms with Crippen LogP contribution in [0.4, 0.5) is 16.0 Å². The van der Waals surface area contributed by atoms with Crippen LogP contribution in [-0.4, -0.2) is 55.3 Å². The Morgan fingerprint density at radius 2 is 1.91 bits per heavy atom. The molecule has 0 unspecified atom stereocenters. The number of rotatable bonds is 6. The van der Waals surface area contributed by atoms with Crippen LogP contribution in [0, 0.1) is 5.82 Å². The summed E-state index contributed by atoms with van der Waals surface area (Å²) in [7, 11) is 1.58. The molecule has 7 nitrogen and oxygen atoms in total. The first-order valence-electron chi connectivity index (χ1n) is 10.9. The van der Waals surface area contributed by atoms with Crippen LogP contribution in [0.2, 0.25) is 0 Å². The summed E-state index contributed by atoms with van der Waals surface area (Å²) in [6.07, 6.45) is 1.50. The molecule has 1 aliphatic rings. The molecule has 1 fully saturated rings. The van der Waals surface area contributed by atoms with Crippen LogP contribution < -0.4 is 14.5 Å². The number of carbonyl (C=O) groups excluding carboxylic acids is 1. The molecule has 1 aliphatic heterocycles. The fourth-order valence-electron chi connectivity index (χ4n) is 3.84. The van der Waals surface area contributed by atoms with Crippen molar-refractivity contribution < 1.29 is 18.7 Å². The molecule has 4 rings (SSSR count). The predicted molar refractivity (Wildman–Crippen MR) is 125 cm³/mol. The molecular weight excluding hydrogens is 423 g/mol. The van der Waals surface area contributed by atoms with Gasteiger partial charge in [0.2, 0.25) is 5.95 Å². The molecule has 0 saturated carbocycles. The van der Waals surface area contributed by atoms with Crippen LogP contribution in [0.15, 0.2) is 54.7 Å². The van der Waals surface area contributed by atoms with E-state index in [1.54, 1.807) is 36.3 Å². The first-order valence-corrected chi connectivity index (χ1v) is 10.9. The zero-order valence-electron chi connectivity index (χ0n) is 19.0. The molecule has 1 amide bonds. The van der Waals surface area contributed by atoms with Crippen molar-refractivity contribution in [2.75, 3.05) is 43.2 Å². The van der Waals surface area contributed by atoms with Gasteiger partial charge in [-0.2, -0.15) is 0 Å². The van der Waals surface area contributed by atoms with Crippen LogP contribution in [-0.2, 0) is 4.74 Å². The number of anilines is 2. The zero-order valence-corrected chi connectivity index (χ0v) is 19.0. The topological polar surface area (TPSA) is 67.8 Å². The lowest BCUT2D eigenvalue weighted by atomic mass is 10.0. The number of benzene rings is 2. The van der Waals surface area contributed by atoms with E-state index in [2.05, 4.69) is 9.97 Å². The summed E-state index contributed by atoms with van der Waals surface area (Å²) in [4.78, 5) is 26.6. The molecule has 0 N–H and O–H groups in total. The van der Waals surface area contributed by atoms with E-state index in [0.717, 1.165) is 0 Å². The second-order valence-corrected chi connectivity index (χ2v) is 7.98. The molecule has 8 heteroatoms. The lowest BCUT2D eigenvalue weighted by Crippen LogP contribution is -2.39. The van der Waals surface area contributed by atoms with Crippen molar-refractivity contribution in [3.05, 3.63) is 66.1 Å². The Labute approximate surface area is 192 Å². The van der Waals surface area contributed by atoms with Gasteiger partial charge in [-0.1, -0.05) is 18.2 Å². The predicted octanol–water partition coefficient (Wildman–Crippen LogP) is 4.18. The van der Waals surface area contributed by atoms with Gasteiger partial charge in [0.15, 0.2) is 0 Å². The summed E-state index contributed by atoms with van der Waals surface area (Å²) in [5.41, 5.74) is 1.43. The third-order valence-electron chi connectivity index (χ3n) is 5.50. The maximum Gasteiger partial charge on any atom is 0.262 e. The normalized spacial score (nSPS) is 13.8. The quantitative estimate of drug-likeness (QED) is 0.561. The molecule has 0 radical (unpaired) electrons. The van der Waals surface area contributed by atoms with Crippen molar-refractivity contribution in [2.45, 2.75) is 19.9 Å². The molecular formula is C25H27FN4O3. The molecule has 0 bridgehead atoms. The van der Waals surface area contributed by atoms with Gasteiger partial charge in [0, 0.05) is 42.6 Å². The van der Waals surface area contributed by atoms with Crippen molar-refractivity contribution in [1.29, 1.82) is 0 Å². The number of halogens is 1. The van der Waals surface area contributed by atoms with Gasteiger partial charge in [0.1, 0.15) is 11.6 Å². The molecule has 2 heterocycles. The van der Waals surface area contributed by atoms with Crippen LogP contribution in [0.3, 0.4) is 0 Å². The Morgan fingerprint density at radius 3 is 2.61 bits per heavy atom. The van der Waals surface area contributed by atoms with E-state index in [-0.39, 0.29) is 28.8 Å². The maximum atomic E-state index is 14.8. The van der Waals surface area contributed by atoms with Crippen LogP contribution in [0.25, 0.3) is 11.3 Å². The number of methoxy groups -OCH3 is 1. The smallest absolute Gasteiger partial charge is 0.262 e. The first-order chi connectivity index (χ1) is 16.0. The van der Waals surface area contributed by atoms with E-state index >= 15 is 0 Å². The minimum atomic E-state index is -0.448. The number of nitrogens with zero attached hydrogens (tertiary/aromatic N) is 4. The zero-order chi connectivity index (χ0) is 23.4. The summed E-state index contributed by atoms with van der Waals surface area (Å²) >= 11 is 0. The van der Waals surface area contributed by atoms with Crippen molar-refractivity contribution in [1.82, 2.24) is 9.97 Å². The minimum Gasteiger partial charge on any atom is -0.497 e. The summed E-state index contributed by atoms with van der Waals surface area (Å²) in [6.45, 7) is 6.23. The number of hydrogen-bond acceptors (Lipinski definition) is 6. The Hall–Kier alpha value is -3.52. The van der Waals surface area contributed by atoms with Gasteiger partial charge in [-0.3, -0.25) is 4.79 Å². The Kier molecular flexibility index (Phi) is 6.84. The Morgan fingerprint density at radius 1 is 1.15 bits per heavy atom. The first kappa shape index (κ1) is 22.7. The lowest BCUT2D eigenvalue weighted by molar-refractivity contribution is 0.0980. The fourth-order valence-corrected chi connectivity index (χ4v) is 3.84. The highest BCUT2D eigenvalue weighted by atomic mass is 19.1. The SMILES string of the molecule is COc1cccc(N(C(=O)c2cnc(N3CCOCC3)nc2-c2ccccc2F)C(C)C)c1. The number of carbonyl (C=O) groups is 1. The van der Waals surface area contributed by atoms with E-state index in [1.165, 1.54) is 12.3 Å². The third-order valence-corrected chi connectivity index (χ3v) is 5.50. The van der Waals surface area contributed by atoms with E-state index < -0.39 is 5.82 Å². The van der Waals surface area contributed by atoms with Gasteiger partial charge in [0.05, 0.1) is 31.6 Å². The molecule has 0 spiro atoms. The number of ether oxygens (including phenoxy) is 2. The second kappa shape index (κ2) is 9.95. The van der Waals surface area contributed by atoms with E-state index in [1.807, 2.05) is 36.9 Å². The Balaban J connectivity index is 1.82. The molecule has 1 saturated heterocycles. The summed E-state index contributed by atoms with van der Waals surface area (Å²) < 4.78 is 25.6. The molecule has 0 aliphatic carbocycles. The summed E-state index contributed by atoms with van der Waals surface area (Å²) in [5.74, 6) is 0.325. The van der Waals surface area contributed by atoms with Gasteiger partial charge in [-0.05, 0) is 38.1 Å². The molecule has 1 aromatic heterocycles. The highest BCUT2D eigenvalue weighted by Gasteiger charge is 2.27. The molecule has 2 aromatic carbocycles. The van der Waals surface area contributed by atoms with Crippen molar-refractivity contribution in [3.8, 4) is 17.0 Å². The van der Waals surface area contributed by atoms with Gasteiger partial charge < -0.3 is 19.3 Å². The number of morpholine rings is 1. The second-order valence-electron chi connectivity index (χ2n) is 7.98. The van der Waals surface area contributed by atoms with Crippen molar-refractivity contribution in [3.63, 3.8) is 0 Å². The average Bonchev–Trinajstić information content (AvgIpc) is 2.84. The third kappa shape index (κ3) is 4.80. The summed E-state index contributed by atoms with van der Waals surface area (Å²) in [6, 6.07) is 13.4. The maximum absolute atomic E-state index is 14.8.